The van der Waals surface area contributed by atoms with Crippen molar-refractivity contribution in [3.8, 4) is 0 Å². The molecule has 0 aliphatic rings. The van der Waals surface area contributed by atoms with Gasteiger partial charge in [-0.15, -0.1) is 0 Å². The molecule has 0 aromatic carbocycles. The lowest BCUT2D eigenvalue weighted by Gasteiger charge is -2.21. The van der Waals surface area contributed by atoms with E-state index in [2.05, 4.69) is 15.3 Å². The number of nitrogen functional groups attached to an aromatic ring is 1. The molecular formula is C8H13ClN4O2. The van der Waals surface area contributed by atoms with Gasteiger partial charge in [-0.1, -0.05) is 11.6 Å². The number of nitrogens with two attached hydrogens (primary N) is 1. The summed E-state index contributed by atoms with van der Waals surface area (Å²) in [6, 6.07) is 0. The molecule has 7 heteroatoms. The lowest BCUT2D eigenvalue weighted by molar-refractivity contribution is 0.0132. The Bertz CT molecular complexity index is 345. The summed E-state index contributed by atoms with van der Waals surface area (Å²) >= 11 is 5.67. The molecule has 15 heavy (non-hydrogen) atoms. The number of anilines is 2. The first-order chi connectivity index (χ1) is 6.96. The van der Waals surface area contributed by atoms with Gasteiger partial charge in [-0.05, 0) is 6.92 Å². The number of aliphatic hydroxyl groups excluding tert-OH is 1. The second-order valence-electron chi connectivity index (χ2n) is 3.44. The molecular weight excluding hydrogens is 220 g/mol. The number of aromatic nitrogens is 2. The third-order valence-corrected chi connectivity index (χ3v) is 2.11. The number of rotatable bonds is 4. The smallest absolute Gasteiger partial charge is 0.157 e. The largest absolute Gasteiger partial charge is 0.393 e. The van der Waals surface area contributed by atoms with Crippen molar-refractivity contribution in [3.63, 3.8) is 0 Å². The van der Waals surface area contributed by atoms with Crippen LogP contribution in [0.25, 0.3) is 0 Å². The van der Waals surface area contributed by atoms with Gasteiger partial charge in [0.15, 0.2) is 11.0 Å². The number of nitrogens with one attached hydrogen (secondary N) is 1. The molecule has 84 valence electrons. The first-order valence-electron chi connectivity index (χ1n) is 4.29. The highest BCUT2D eigenvalue weighted by atomic mass is 35.5. The third kappa shape index (κ3) is 3.19. The van der Waals surface area contributed by atoms with Gasteiger partial charge in [-0.3, -0.25) is 0 Å². The summed E-state index contributed by atoms with van der Waals surface area (Å²) < 4.78 is 0. The summed E-state index contributed by atoms with van der Waals surface area (Å²) in [6.45, 7) is 1.23. The Balaban J connectivity index is 2.70. The van der Waals surface area contributed by atoms with E-state index >= 15 is 0 Å². The summed E-state index contributed by atoms with van der Waals surface area (Å²) in [5.41, 5.74) is 4.57. The van der Waals surface area contributed by atoms with Gasteiger partial charge in [0.1, 0.15) is 17.6 Å². The van der Waals surface area contributed by atoms with Crippen LogP contribution >= 0.6 is 11.6 Å². The molecule has 0 radical (unpaired) electrons. The number of hydrogen-bond donors (Lipinski definition) is 4. The molecule has 0 bridgehead atoms. The summed E-state index contributed by atoms with van der Waals surface area (Å²) in [5.74, 6) is 0.337. The molecule has 0 saturated heterocycles. The van der Waals surface area contributed by atoms with Crippen molar-refractivity contribution in [2.24, 2.45) is 0 Å². The van der Waals surface area contributed by atoms with Crippen LogP contribution in [0.4, 0.5) is 11.5 Å². The molecule has 1 aromatic rings. The van der Waals surface area contributed by atoms with Crippen LogP contribution in [0, 0.1) is 0 Å². The second-order valence-corrected chi connectivity index (χ2v) is 3.79. The molecule has 1 heterocycles. The van der Waals surface area contributed by atoms with E-state index in [4.69, 9.17) is 22.4 Å². The van der Waals surface area contributed by atoms with Crippen LogP contribution in [0.2, 0.25) is 5.15 Å². The molecule has 5 N–H and O–H groups in total. The summed E-state index contributed by atoms with van der Waals surface area (Å²) in [7, 11) is 0. The van der Waals surface area contributed by atoms with Crippen molar-refractivity contribution in [3.05, 3.63) is 11.5 Å². The van der Waals surface area contributed by atoms with Gasteiger partial charge >= 0.3 is 0 Å². The number of aliphatic hydroxyl groups is 2. The van der Waals surface area contributed by atoms with Crippen molar-refractivity contribution in [2.45, 2.75) is 12.5 Å². The summed E-state index contributed by atoms with van der Waals surface area (Å²) in [5, 5.41) is 21.3. The normalized spacial score (nSPS) is 14.7. The van der Waals surface area contributed by atoms with Crippen molar-refractivity contribution in [1.29, 1.82) is 0 Å². The molecule has 1 atom stereocenters. The first-order valence-corrected chi connectivity index (χ1v) is 4.67. The Morgan fingerprint density at radius 3 is 2.87 bits per heavy atom. The Morgan fingerprint density at radius 2 is 2.27 bits per heavy atom. The third-order valence-electron chi connectivity index (χ3n) is 1.81. The van der Waals surface area contributed by atoms with Crippen LogP contribution in [0.1, 0.15) is 6.92 Å². The standard InChI is InChI=1S/C8H13ClN4O2/c1-8(15,3-14)2-11-7-5(10)6(9)12-4-13-7/h4,14-15H,2-3,10H2,1H3,(H,11,12,13). The molecule has 0 saturated carbocycles. The Labute approximate surface area is 92.1 Å². The lowest BCUT2D eigenvalue weighted by Crippen LogP contribution is -2.37. The van der Waals surface area contributed by atoms with E-state index in [0.717, 1.165) is 0 Å². The Kier molecular flexibility index (Phi) is 3.67. The van der Waals surface area contributed by atoms with Gasteiger partial charge in [0.25, 0.3) is 0 Å². The van der Waals surface area contributed by atoms with Crippen LogP contribution in [-0.4, -0.2) is 38.9 Å². The van der Waals surface area contributed by atoms with Crippen LogP contribution in [0.3, 0.4) is 0 Å². The van der Waals surface area contributed by atoms with E-state index in [-0.39, 0.29) is 24.0 Å². The molecule has 0 aliphatic carbocycles. The van der Waals surface area contributed by atoms with Crippen LogP contribution in [0.5, 0.6) is 0 Å². The minimum Gasteiger partial charge on any atom is -0.393 e. The predicted octanol–water partition coefficient (Wildman–Crippen LogP) is -0.133. The monoisotopic (exact) mass is 232 g/mol. The molecule has 1 aromatic heterocycles. The minimum absolute atomic E-state index is 0.112. The van der Waals surface area contributed by atoms with Crippen molar-refractivity contribution in [1.82, 2.24) is 9.97 Å². The first kappa shape index (κ1) is 12.0. The lowest BCUT2D eigenvalue weighted by atomic mass is 10.1. The van der Waals surface area contributed by atoms with Gasteiger partial charge in [-0.2, -0.15) is 0 Å². The SMILES string of the molecule is CC(O)(CO)CNc1ncnc(Cl)c1N. The molecule has 0 fully saturated rings. The van der Waals surface area contributed by atoms with Gasteiger partial charge in [-0.25, -0.2) is 9.97 Å². The quantitative estimate of drug-likeness (QED) is 0.539. The predicted molar refractivity (Wildman–Crippen MR) is 57.7 cm³/mol. The zero-order valence-electron chi connectivity index (χ0n) is 8.24. The van der Waals surface area contributed by atoms with E-state index in [1.807, 2.05) is 0 Å². The highest BCUT2D eigenvalue weighted by Gasteiger charge is 2.19. The number of hydrogen-bond acceptors (Lipinski definition) is 6. The fourth-order valence-corrected chi connectivity index (χ4v) is 0.978. The van der Waals surface area contributed by atoms with Crippen molar-refractivity contribution in [2.75, 3.05) is 24.2 Å². The van der Waals surface area contributed by atoms with Gasteiger partial charge in [0.05, 0.1) is 6.61 Å². The average Bonchev–Trinajstić information content (AvgIpc) is 2.20. The molecule has 6 nitrogen and oxygen atoms in total. The highest BCUT2D eigenvalue weighted by molar-refractivity contribution is 6.32. The van der Waals surface area contributed by atoms with Crippen LogP contribution in [0.15, 0.2) is 6.33 Å². The van der Waals surface area contributed by atoms with E-state index in [0.29, 0.717) is 5.82 Å². The topological polar surface area (TPSA) is 104 Å². The Hall–Kier alpha value is -1.11. The fourth-order valence-electron chi connectivity index (χ4n) is 0.845. The maximum atomic E-state index is 9.52. The van der Waals surface area contributed by atoms with Crippen LogP contribution < -0.4 is 11.1 Å². The molecule has 0 aliphatic heterocycles. The minimum atomic E-state index is -1.23. The fraction of sp³-hybridized carbons (Fsp3) is 0.500. The van der Waals surface area contributed by atoms with E-state index < -0.39 is 5.60 Å². The molecule has 1 unspecified atom stereocenters. The molecule has 0 amide bonds. The van der Waals surface area contributed by atoms with Crippen molar-refractivity contribution < 1.29 is 10.2 Å². The Morgan fingerprint density at radius 1 is 1.60 bits per heavy atom. The average molecular weight is 233 g/mol. The highest BCUT2D eigenvalue weighted by Crippen LogP contribution is 2.22. The van der Waals surface area contributed by atoms with Gasteiger partial charge in [0, 0.05) is 6.54 Å². The zero-order chi connectivity index (χ0) is 11.5. The zero-order valence-corrected chi connectivity index (χ0v) is 8.99. The second kappa shape index (κ2) is 4.61. The number of nitrogens with zero attached hydrogens (tertiary/aromatic N) is 2. The van der Waals surface area contributed by atoms with Crippen LogP contribution in [-0.2, 0) is 0 Å². The van der Waals surface area contributed by atoms with E-state index in [1.54, 1.807) is 0 Å². The summed E-state index contributed by atoms with van der Waals surface area (Å²) in [6.07, 6.45) is 1.26. The van der Waals surface area contributed by atoms with Crippen molar-refractivity contribution >= 4 is 23.1 Å². The molecule has 1 rings (SSSR count). The maximum absolute atomic E-state index is 9.52. The summed E-state index contributed by atoms with van der Waals surface area (Å²) in [4.78, 5) is 7.53. The van der Waals surface area contributed by atoms with Gasteiger partial charge in [0.2, 0.25) is 0 Å². The maximum Gasteiger partial charge on any atom is 0.157 e. The number of halogens is 1. The van der Waals surface area contributed by atoms with E-state index in [9.17, 15) is 5.11 Å². The van der Waals surface area contributed by atoms with E-state index in [1.165, 1.54) is 13.3 Å². The molecule has 0 spiro atoms. The van der Waals surface area contributed by atoms with Gasteiger partial charge < -0.3 is 21.3 Å².